The Morgan fingerprint density at radius 2 is 1.81 bits per heavy atom. The third-order valence-electron chi connectivity index (χ3n) is 5.86. The maximum Gasteiger partial charge on any atom is 0.311 e. The zero-order valence-corrected chi connectivity index (χ0v) is 19.9. The van der Waals surface area contributed by atoms with Crippen molar-refractivity contribution in [2.24, 2.45) is 0 Å². The van der Waals surface area contributed by atoms with E-state index in [0.29, 0.717) is 34.8 Å². The fourth-order valence-corrected chi connectivity index (χ4v) is 4.05. The Balaban J connectivity index is 1.38. The van der Waals surface area contributed by atoms with Crippen LogP contribution in [0.5, 0.6) is 5.75 Å². The van der Waals surface area contributed by atoms with E-state index in [0.717, 1.165) is 45.0 Å². The Morgan fingerprint density at radius 3 is 2.61 bits per heavy atom. The number of halogens is 1. The Hall–Kier alpha value is -3.66. The molecule has 1 saturated heterocycles. The maximum atomic E-state index is 14.5. The molecule has 1 fully saturated rings. The lowest BCUT2D eigenvalue weighted by atomic mass is 10.2. The third-order valence-corrected chi connectivity index (χ3v) is 5.86. The van der Waals surface area contributed by atoms with E-state index in [9.17, 15) is 4.39 Å². The van der Waals surface area contributed by atoms with Crippen LogP contribution in [0.3, 0.4) is 0 Å². The molecule has 5 rings (SSSR count). The molecule has 0 radical (unpaired) electrons. The van der Waals surface area contributed by atoms with Crippen molar-refractivity contribution in [3.63, 3.8) is 0 Å². The number of ether oxygens (including phenoxy) is 2. The van der Waals surface area contributed by atoms with Gasteiger partial charge in [0.25, 0.3) is 0 Å². The zero-order chi connectivity index (χ0) is 24.6. The number of pyridine rings is 1. The van der Waals surface area contributed by atoms with E-state index in [1.165, 1.54) is 5.06 Å². The van der Waals surface area contributed by atoms with Gasteiger partial charge in [0.05, 0.1) is 36.7 Å². The lowest BCUT2D eigenvalue weighted by Crippen LogP contribution is -2.37. The van der Waals surface area contributed by atoms with Crippen molar-refractivity contribution >= 4 is 22.4 Å². The predicted octanol–water partition coefficient (Wildman–Crippen LogP) is 4.53. The van der Waals surface area contributed by atoms with Crippen LogP contribution in [0.25, 0.3) is 10.9 Å². The molecular weight excluding hydrogens is 461 g/mol. The summed E-state index contributed by atoms with van der Waals surface area (Å²) < 4.78 is 25.9. The van der Waals surface area contributed by atoms with Gasteiger partial charge in [-0.15, -0.1) is 0 Å². The highest BCUT2D eigenvalue weighted by Gasteiger charge is 2.19. The van der Waals surface area contributed by atoms with Crippen molar-refractivity contribution in [2.45, 2.75) is 13.0 Å². The van der Waals surface area contributed by atoms with Crippen molar-refractivity contribution in [3.05, 3.63) is 84.7 Å². The number of hydrogen-bond acceptors (Lipinski definition) is 8. The van der Waals surface area contributed by atoms with Crippen molar-refractivity contribution in [1.82, 2.24) is 19.9 Å². The van der Waals surface area contributed by atoms with E-state index in [4.69, 9.17) is 14.3 Å². The van der Waals surface area contributed by atoms with E-state index >= 15 is 0 Å². The standard InChI is InChI=1S/C27H28FN5O3/c28-27-30-25-11-10-23(35-16-6-13-32-14-17-34-18-15-32)19-24(25)26(31-27)33(22-8-2-1-3-9-22)36-20-21-7-4-5-12-29-21/h1-5,7-12,19H,6,13-18,20H2. The van der Waals surface area contributed by atoms with Crippen LogP contribution in [0.15, 0.2) is 72.9 Å². The van der Waals surface area contributed by atoms with Gasteiger partial charge in [-0.3, -0.25) is 14.7 Å². The molecule has 1 aliphatic rings. The van der Waals surface area contributed by atoms with E-state index in [-0.39, 0.29) is 6.61 Å². The number of aromatic nitrogens is 3. The highest BCUT2D eigenvalue weighted by atomic mass is 19.1. The van der Waals surface area contributed by atoms with Crippen LogP contribution < -0.4 is 9.80 Å². The molecule has 186 valence electrons. The highest BCUT2D eigenvalue weighted by molar-refractivity contribution is 5.91. The fraction of sp³-hybridized carbons (Fsp3) is 0.296. The fourth-order valence-electron chi connectivity index (χ4n) is 4.05. The predicted molar refractivity (Wildman–Crippen MR) is 134 cm³/mol. The third kappa shape index (κ3) is 6.12. The largest absolute Gasteiger partial charge is 0.494 e. The highest BCUT2D eigenvalue weighted by Crippen LogP contribution is 2.33. The first kappa shape index (κ1) is 24.1. The second kappa shape index (κ2) is 11.9. The normalized spacial score (nSPS) is 14.1. The average Bonchev–Trinajstić information content (AvgIpc) is 2.93. The van der Waals surface area contributed by atoms with Crippen LogP contribution in [-0.4, -0.2) is 59.3 Å². The minimum absolute atomic E-state index is 0.181. The summed E-state index contributed by atoms with van der Waals surface area (Å²) in [6, 6.07) is 20.4. The minimum Gasteiger partial charge on any atom is -0.494 e. The summed E-state index contributed by atoms with van der Waals surface area (Å²) in [4.78, 5) is 20.9. The number of rotatable bonds is 10. The molecule has 0 saturated carbocycles. The quantitative estimate of drug-likeness (QED) is 0.183. The number of nitrogens with zero attached hydrogens (tertiary/aromatic N) is 5. The monoisotopic (exact) mass is 489 g/mol. The molecule has 4 aromatic rings. The summed E-state index contributed by atoms with van der Waals surface area (Å²) in [7, 11) is 0. The number of hydrogen-bond donors (Lipinski definition) is 0. The van der Waals surface area contributed by atoms with Gasteiger partial charge in [0.15, 0.2) is 5.82 Å². The second-order valence-electron chi connectivity index (χ2n) is 8.38. The lowest BCUT2D eigenvalue weighted by molar-refractivity contribution is 0.0358. The van der Waals surface area contributed by atoms with E-state index < -0.39 is 6.08 Å². The molecule has 1 aliphatic heterocycles. The van der Waals surface area contributed by atoms with Gasteiger partial charge in [-0.2, -0.15) is 9.37 Å². The number of fused-ring (bicyclic) bond motifs is 1. The number of para-hydroxylation sites is 1. The van der Waals surface area contributed by atoms with Crippen LogP contribution in [0.2, 0.25) is 0 Å². The molecule has 2 aromatic carbocycles. The van der Waals surface area contributed by atoms with E-state index in [1.807, 2.05) is 54.6 Å². The van der Waals surface area contributed by atoms with Gasteiger partial charge in [0, 0.05) is 31.2 Å². The van der Waals surface area contributed by atoms with Gasteiger partial charge in [0.2, 0.25) is 0 Å². The molecule has 0 unspecified atom stereocenters. The van der Waals surface area contributed by atoms with Crippen molar-refractivity contribution < 1.29 is 18.7 Å². The van der Waals surface area contributed by atoms with Crippen molar-refractivity contribution in [3.8, 4) is 5.75 Å². The summed E-state index contributed by atoms with van der Waals surface area (Å²) in [5.41, 5.74) is 1.90. The van der Waals surface area contributed by atoms with E-state index in [2.05, 4.69) is 19.9 Å². The molecule has 2 aromatic heterocycles. The van der Waals surface area contributed by atoms with Gasteiger partial charge in [-0.05, 0) is 48.9 Å². The zero-order valence-electron chi connectivity index (χ0n) is 19.9. The molecule has 0 aliphatic carbocycles. The Labute approximate surface area is 209 Å². The first-order valence-electron chi connectivity index (χ1n) is 12.0. The molecule has 8 nitrogen and oxygen atoms in total. The van der Waals surface area contributed by atoms with Gasteiger partial charge in [-0.1, -0.05) is 24.3 Å². The number of morpholine rings is 1. The second-order valence-corrected chi connectivity index (χ2v) is 8.38. The lowest BCUT2D eigenvalue weighted by Gasteiger charge is -2.26. The molecule has 3 heterocycles. The molecule has 0 amide bonds. The van der Waals surface area contributed by atoms with Crippen LogP contribution in [0, 0.1) is 6.08 Å². The van der Waals surface area contributed by atoms with Crippen molar-refractivity contribution in [2.75, 3.05) is 44.5 Å². The first-order valence-corrected chi connectivity index (χ1v) is 12.0. The SMILES string of the molecule is Fc1nc(N(OCc2ccccn2)c2ccccc2)c2cc(OCCCN3CCOCC3)ccc2n1. The minimum atomic E-state index is -0.834. The first-order chi connectivity index (χ1) is 17.8. The Bertz CT molecular complexity index is 1260. The summed E-state index contributed by atoms with van der Waals surface area (Å²) in [6.07, 6.45) is 1.77. The van der Waals surface area contributed by atoms with Crippen molar-refractivity contribution in [1.29, 1.82) is 0 Å². The summed E-state index contributed by atoms with van der Waals surface area (Å²) in [5, 5.41) is 2.14. The molecule has 9 heteroatoms. The molecule has 0 spiro atoms. The summed E-state index contributed by atoms with van der Waals surface area (Å²) >= 11 is 0. The van der Waals surface area contributed by atoms with Gasteiger partial charge in [-0.25, -0.2) is 10.0 Å². The van der Waals surface area contributed by atoms with Gasteiger partial charge >= 0.3 is 6.08 Å². The van der Waals surface area contributed by atoms with E-state index in [1.54, 1.807) is 18.3 Å². The number of anilines is 2. The average molecular weight is 490 g/mol. The molecule has 0 N–H and O–H groups in total. The molecule has 0 atom stereocenters. The molecular formula is C27H28FN5O3. The summed E-state index contributed by atoms with van der Waals surface area (Å²) in [6.45, 7) is 5.18. The summed E-state index contributed by atoms with van der Waals surface area (Å²) in [5.74, 6) is 0.956. The van der Waals surface area contributed by atoms with Crippen LogP contribution in [0.4, 0.5) is 15.9 Å². The van der Waals surface area contributed by atoms with Crippen LogP contribution in [0.1, 0.15) is 12.1 Å². The van der Waals surface area contributed by atoms with Gasteiger partial charge < -0.3 is 9.47 Å². The molecule has 0 bridgehead atoms. The Kier molecular flexibility index (Phi) is 7.92. The van der Waals surface area contributed by atoms with Gasteiger partial charge in [0.1, 0.15) is 12.4 Å². The number of benzene rings is 2. The van der Waals surface area contributed by atoms with Crippen LogP contribution >= 0.6 is 0 Å². The maximum absolute atomic E-state index is 14.5. The van der Waals surface area contributed by atoms with Crippen LogP contribution in [-0.2, 0) is 16.2 Å². The molecule has 36 heavy (non-hydrogen) atoms. The topological polar surface area (TPSA) is 72.8 Å². The Morgan fingerprint density at radius 1 is 0.972 bits per heavy atom. The smallest absolute Gasteiger partial charge is 0.311 e.